The van der Waals surface area contributed by atoms with Crippen molar-refractivity contribution in [3.05, 3.63) is 70.3 Å². The molecule has 3 heteroatoms. The minimum absolute atomic E-state index is 0.0932. The van der Waals surface area contributed by atoms with E-state index < -0.39 is 17.7 Å². The molecule has 2 aromatic carbocycles. The molecule has 0 bridgehead atoms. The summed E-state index contributed by atoms with van der Waals surface area (Å²) in [5.41, 5.74) is 2.53. The molecule has 106 valence electrons. The van der Waals surface area contributed by atoms with E-state index in [9.17, 15) is 8.78 Å². The number of aryl methyl sites for hydroxylation is 2. The number of rotatable bonds is 4. The largest absolute Gasteiger partial charge is 0.306 e. The molecule has 0 heterocycles. The standard InChI is InChI=1S/C17H19F2N/c1-4-20-17(13-8-5-11(2)6-9-13)15-14(18)10-7-12(3)16(15)19/h5-10,17,20H,4H2,1-3H3. The van der Waals surface area contributed by atoms with Gasteiger partial charge in [-0.1, -0.05) is 42.8 Å². The second kappa shape index (κ2) is 6.14. The number of nitrogens with one attached hydrogen (secondary N) is 1. The summed E-state index contributed by atoms with van der Waals surface area (Å²) >= 11 is 0. The van der Waals surface area contributed by atoms with Gasteiger partial charge in [0.15, 0.2) is 0 Å². The van der Waals surface area contributed by atoms with E-state index in [2.05, 4.69) is 5.32 Å². The highest BCUT2D eigenvalue weighted by molar-refractivity contribution is 5.37. The lowest BCUT2D eigenvalue weighted by atomic mass is 9.95. The number of hydrogen-bond acceptors (Lipinski definition) is 1. The second-order valence-electron chi connectivity index (χ2n) is 4.99. The van der Waals surface area contributed by atoms with E-state index >= 15 is 0 Å². The van der Waals surface area contributed by atoms with Crippen molar-refractivity contribution in [3.63, 3.8) is 0 Å². The van der Waals surface area contributed by atoms with Gasteiger partial charge >= 0.3 is 0 Å². The maximum Gasteiger partial charge on any atom is 0.134 e. The Hall–Kier alpha value is -1.74. The highest BCUT2D eigenvalue weighted by Gasteiger charge is 2.22. The molecule has 0 spiro atoms. The van der Waals surface area contributed by atoms with E-state index in [1.165, 1.54) is 12.1 Å². The quantitative estimate of drug-likeness (QED) is 0.878. The first-order valence-corrected chi connectivity index (χ1v) is 6.79. The van der Waals surface area contributed by atoms with E-state index in [1.54, 1.807) is 6.92 Å². The molecule has 0 saturated heterocycles. The second-order valence-corrected chi connectivity index (χ2v) is 4.99. The van der Waals surface area contributed by atoms with Crippen LogP contribution in [0.4, 0.5) is 8.78 Å². The first-order valence-electron chi connectivity index (χ1n) is 6.79. The Bertz CT molecular complexity index is 591. The third kappa shape index (κ3) is 2.88. The Labute approximate surface area is 118 Å². The Morgan fingerprint density at radius 3 is 2.25 bits per heavy atom. The van der Waals surface area contributed by atoms with Crippen LogP contribution in [0, 0.1) is 25.5 Å². The normalized spacial score (nSPS) is 12.4. The van der Waals surface area contributed by atoms with Crippen LogP contribution in [0.3, 0.4) is 0 Å². The Balaban J connectivity index is 2.54. The molecule has 2 aromatic rings. The van der Waals surface area contributed by atoms with Crippen LogP contribution in [-0.2, 0) is 0 Å². The van der Waals surface area contributed by atoms with Gasteiger partial charge in [0.25, 0.3) is 0 Å². The fraction of sp³-hybridized carbons (Fsp3) is 0.294. The zero-order valence-electron chi connectivity index (χ0n) is 12.0. The zero-order chi connectivity index (χ0) is 14.7. The minimum Gasteiger partial charge on any atom is -0.306 e. The van der Waals surface area contributed by atoms with Crippen LogP contribution in [0.1, 0.15) is 35.2 Å². The highest BCUT2D eigenvalue weighted by Crippen LogP contribution is 2.28. The van der Waals surface area contributed by atoms with Crippen LogP contribution >= 0.6 is 0 Å². The lowest BCUT2D eigenvalue weighted by molar-refractivity contribution is 0.506. The van der Waals surface area contributed by atoms with Crippen molar-refractivity contribution in [2.45, 2.75) is 26.8 Å². The third-order valence-electron chi connectivity index (χ3n) is 3.43. The van der Waals surface area contributed by atoms with Gasteiger partial charge in [-0.25, -0.2) is 8.78 Å². The Morgan fingerprint density at radius 1 is 1.00 bits per heavy atom. The van der Waals surface area contributed by atoms with Crippen LogP contribution in [0.5, 0.6) is 0 Å². The van der Waals surface area contributed by atoms with Crippen LogP contribution in [-0.4, -0.2) is 6.54 Å². The SMILES string of the molecule is CCNC(c1ccc(C)cc1)c1c(F)ccc(C)c1F. The summed E-state index contributed by atoms with van der Waals surface area (Å²) in [4.78, 5) is 0. The van der Waals surface area contributed by atoms with Gasteiger partial charge < -0.3 is 5.32 Å². The molecule has 0 amide bonds. The molecule has 0 fully saturated rings. The minimum atomic E-state index is -0.514. The highest BCUT2D eigenvalue weighted by atomic mass is 19.1. The van der Waals surface area contributed by atoms with Gasteiger partial charge in [0, 0.05) is 5.56 Å². The summed E-state index contributed by atoms with van der Waals surface area (Å²) in [6, 6.07) is 10.0. The summed E-state index contributed by atoms with van der Waals surface area (Å²) in [5.74, 6) is -0.990. The van der Waals surface area contributed by atoms with Crippen molar-refractivity contribution in [2.75, 3.05) is 6.54 Å². The van der Waals surface area contributed by atoms with Crippen molar-refractivity contribution in [1.29, 1.82) is 0 Å². The van der Waals surface area contributed by atoms with Crippen molar-refractivity contribution < 1.29 is 8.78 Å². The molecule has 20 heavy (non-hydrogen) atoms. The fourth-order valence-corrected chi connectivity index (χ4v) is 2.29. The van der Waals surface area contributed by atoms with E-state index in [4.69, 9.17) is 0 Å². The smallest absolute Gasteiger partial charge is 0.134 e. The Morgan fingerprint density at radius 2 is 1.65 bits per heavy atom. The van der Waals surface area contributed by atoms with Crippen molar-refractivity contribution in [1.82, 2.24) is 5.32 Å². The number of hydrogen-bond donors (Lipinski definition) is 1. The van der Waals surface area contributed by atoms with E-state index in [0.717, 1.165) is 11.1 Å². The summed E-state index contributed by atoms with van der Waals surface area (Å²) in [6.07, 6.45) is 0. The van der Waals surface area contributed by atoms with Gasteiger partial charge in [-0.2, -0.15) is 0 Å². The molecule has 0 aromatic heterocycles. The predicted octanol–water partition coefficient (Wildman–Crippen LogP) is 4.28. The molecular formula is C17H19F2N. The zero-order valence-corrected chi connectivity index (χ0v) is 12.0. The average Bonchev–Trinajstić information content (AvgIpc) is 2.43. The van der Waals surface area contributed by atoms with Crippen molar-refractivity contribution in [3.8, 4) is 0 Å². The molecule has 0 radical (unpaired) electrons. The lowest BCUT2D eigenvalue weighted by Gasteiger charge is -2.21. The summed E-state index contributed by atoms with van der Waals surface area (Å²) in [7, 11) is 0. The van der Waals surface area contributed by atoms with Crippen LogP contribution < -0.4 is 5.32 Å². The molecule has 1 atom stereocenters. The topological polar surface area (TPSA) is 12.0 Å². The molecule has 2 rings (SSSR count). The molecule has 1 nitrogen and oxygen atoms in total. The monoisotopic (exact) mass is 275 g/mol. The molecular weight excluding hydrogens is 256 g/mol. The summed E-state index contributed by atoms with van der Waals surface area (Å²) < 4.78 is 28.4. The van der Waals surface area contributed by atoms with E-state index in [0.29, 0.717) is 12.1 Å². The summed E-state index contributed by atoms with van der Waals surface area (Å²) in [6.45, 7) is 6.19. The molecule has 1 N–H and O–H groups in total. The van der Waals surface area contributed by atoms with Gasteiger partial charge in [-0.15, -0.1) is 0 Å². The average molecular weight is 275 g/mol. The first-order chi connectivity index (χ1) is 9.54. The first kappa shape index (κ1) is 14.7. The van der Waals surface area contributed by atoms with Gasteiger partial charge in [0.2, 0.25) is 0 Å². The fourth-order valence-electron chi connectivity index (χ4n) is 2.29. The van der Waals surface area contributed by atoms with Gasteiger partial charge in [-0.3, -0.25) is 0 Å². The number of benzene rings is 2. The van der Waals surface area contributed by atoms with Crippen LogP contribution in [0.2, 0.25) is 0 Å². The van der Waals surface area contributed by atoms with Crippen LogP contribution in [0.15, 0.2) is 36.4 Å². The molecule has 0 saturated carbocycles. The third-order valence-corrected chi connectivity index (χ3v) is 3.43. The van der Waals surface area contributed by atoms with E-state index in [1.807, 2.05) is 38.1 Å². The maximum absolute atomic E-state index is 14.3. The van der Waals surface area contributed by atoms with Gasteiger partial charge in [-0.05, 0) is 37.6 Å². The van der Waals surface area contributed by atoms with E-state index in [-0.39, 0.29) is 5.56 Å². The van der Waals surface area contributed by atoms with Crippen LogP contribution in [0.25, 0.3) is 0 Å². The van der Waals surface area contributed by atoms with Gasteiger partial charge in [0.1, 0.15) is 11.6 Å². The lowest BCUT2D eigenvalue weighted by Crippen LogP contribution is -2.24. The molecule has 0 aliphatic carbocycles. The van der Waals surface area contributed by atoms with Crippen molar-refractivity contribution >= 4 is 0 Å². The molecule has 1 unspecified atom stereocenters. The predicted molar refractivity (Wildman–Crippen MR) is 77.8 cm³/mol. The summed E-state index contributed by atoms with van der Waals surface area (Å²) in [5, 5.41) is 3.16. The van der Waals surface area contributed by atoms with Crippen molar-refractivity contribution in [2.24, 2.45) is 0 Å². The Kier molecular flexibility index (Phi) is 4.50. The molecule has 0 aliphatic rings. The number of halogens is 2. The molecule has 0 aliphatic heterocycles. The maximum atomic E-state index is 14.3. The van der Waals surface area contributed by atoms with Gasteiger partial charge in [0.05, 0.1) is 6.04 Å².